The van der Waals surface area contributed by atoms with Crippen molar-refractivity contribution >= 4 is 16.7 Å². The number of aromatic hydroxyl groups is 2. The van der Waals surface area contributed by atoms with Crippen LogP contribution in [-0.4, -0.2) is 21.3 Å². The number of carboxylic acids is 1. The minimum Gasteiger partial charge on any atom is -0.507 e. The Morgan fingerprint density at radius 2 is 1.29 bits per heavy atom. The Bertz CT molecular complexity index is 838. The quantitative estimate of drug-likeness (QED) is 0.626. The number of carbonyl (C=O) groups is 1. The van der Waals surface area contributed by atoms with E-state index in [0.29, 0.717) is 16.3 Å². The molecule has 3 N–H and O–H groups in total. The van der Waals surface area contributed by atoms with Gasteiger partial charge in [0.25, 0.3) is 0 Å². The molecule has 3 rings (SSSR count). The minimum atomic E-state index is -1.28. The van der Waals surface area contributed by atoms with Crippen LogP contribution in [0.1, 0.15) is 10.4 Å². The van der Waals surface area contributed by atoms with Gasteiger partial charge in [0, 0.05) is 16.3 Å². The third kappa shape index (κ3) is 1.97. The molecule has 4 heteroatoms. The maximum Gasteiger partial charge on any atom is 0.340 e. The minimum absolute atomic E-state index is 0.124. The smallest absolute Gasteiger partial charge is 0.340 e. The third-order valence-electron chi connectivity index (χ3n) is 3.44. The summed E-state index contributed by atoms with van der Waals surface area (Å²) in [6.45, 7) is 0. The van der Waals surface area contributed by atoms with Crippen molar-refractivity contribution in [3.05, 3.63) is 60.2 Å². The van der Waals surface area contributed by atoms with E-state index in [-0.39, 0.29) is 22.6 Å². The zero-order valence-corrected chi connectivity index (χ0v) is 10.9. The molecule has 0 amide bonds. The summed E-state index contributed by atoms with van der Waals surface area (Å²) in [5, 5.41) is 30.9. The Labute approximate surface area is 120 Å². The largest absolute Gasteiger partial charge is 0.507 e. The third-order valence-corrected chi connectivity index (χ3v) is 3.44. The second-order valence-electron chi connectivity index (χ2n) is 4.66. The van der Waals surface area contributed by atoms with Crippen LogP contribution in [0.15, 0.2) is 54.6 Å². The molecule has 0 radical (unpaired) electrons. The predicted octanol–water partition coefficient (Wildman–Crippen LogP) is 3.62. The van der Waals surface area contributed by atoms with Gasteiger partial charge in [0.05, 0.1) is 0 Å². The van der Waals surface area contributed by atoms with Crippen molar-refractivity contribution in [3.8, 4) is 22.6 Å². The summed E-state index contributed by atoms with van der Waals surface area (Å²) in [6.07, 6.45) is 0. The monoisotopic (exact) mass is 280 g/mol. The lowest BCUT2D eigenvalue weighted by Gasteiger charge is -2.14. The Balaban J connectivity index is 2.51. The zero-order chi connectivity index (χ0) is 15.0. The van der Waals surface area contributed by atoms with Crippen molar-refractivity contribution in [1.29, 1.82) is 0 Å². The number of carboxylic acid groups (broad SMARTS) is 1. The summed E-state index contributed by atoms with van der Waals surface area (Å²) >= 11 is 0. The number of phenols is 2. The van der Waals surface area contributed by atoms with Gasteiger partial charge in [0.1, 0.15) is 17.1 Å². The number of hydrogen-bond donors (Lipinski definition) is 3. The number of aromatic carboxylic acids is 1. The van der Waals surface area contributed by atoms with Crippen LogP contribution in [0.2, 0.25) is 0 Å². The molecule has 0 atom stereocenters. The highest BCUT2D eigenvalue weighted by Gasteiger charge is 2.24. The number of hydrogen-bond acceptors (Lipinski definition) is 3. The van der Waals surface area contributed by atoms with Crippen LogP contribution in [-0.2, 0) is 0 Å². The molecular weight excluding hydrogens is 268 g/mol. The van der Waals surface area contributed by atoms with Gasteiger partial charge in [-0.1, -0.05) is 54.6 Å². The number of phenolic OH excluding ortho intramolecular Hbond substituents is 1. The lowest BCUT2D eigenvalue weighted by Crippen LogP contribution is -2.01. The van der Waals surface area contributed by atoms with Crippen molar-refractivity contribution < 1.29 is 20.1 Å². The Morgan fingerprint density at radius 1 is 0.762 bits per heavy atom. The molecule has 0 fully saturated rings. The lowest BCUT2D eigenvalue weighted by molar-refractivity contribution is 0.0694. The molecule has 0 saturated carbocycles. The molecule has 0 aliphatic carbocycles. The van der Waals surface area contributed by atoms with E-state index >= 15 is 0 Å². The van der Waals surface area contributed by atoms with Crippen molar-refractivity contribution in [2.45, 2.75) is 0 Å². The molecule has 0 aliphatic rings. The SMILES string of the molecule is O=C(O)c1c(-c2ccccc2)c(O)c2ccccc2c1O. The topological polar surface area (TPSA) is 77.8 Å². The van der Waals surface area contributed by atoms with E-state index in [1.165, 1.54) is 0 Å². The summed E-state index contributed by atoms with van der Waals surface area (Å²) in [4.78, 5) is 11.5. The van der Waals surface area contributed by atoms with Gasteiger partial charge in [-0.3, -0.25) is 0 Å². The zero-order valence-electron chi connectivity index (χ0n) is 10.9. The molecule has 21 heavy (non-hydrogen) atoms. The van der Waals surface area contributed by atoms with E-state index in [1.807, 2.05) is 0 Å². The van der Waals surface area contributed by atoms with Crippen molar-refractivity contribution in [1.82, 2.24) is 0 Å². The molecule has 0 saturated heterocycles. The average molecular weight is 280 g/mol. The summed E-state index contributed by atoms with van der Waals surface area (Å²) in [5.74, 6) is -1.77. The molecule has 104 valence electrons. The first-order chi connectivity index (χ1) is 10.1. The Hall–Kier alpha value is -3.01. The van der Waals surface area contributed by atoms with Crippen LogP contribution < -0.4 is 0 Å². The second-order valence-corrected chi connectivity index (χ2v) is 4.66. The highest BCUT2D eigenvalue weighted by atomic mass is 16.4. The van der Waals surface area contributed by atoms with Crippen LogP contribution in [0, 0.1) is 0 Å². The first kappa shape index (κ1) is 13.0. The molecule has 4 nitrogen and oxygen atoms in total. The van der Waals surface area contributed by atoms with E-state index in [4.69, 9.17) is 0 Å². The van der Waals surface area contributed by atoms with Gasteiger partial charge in [-0.15, -0.1) is 0 Å². The van der Waals surface area contributed by atoms with E-state index in [9.17, 15) is 20.1 Å². The number of fused-ring (bicyclic) bond motifs is 1. The van der Waals surface area contributed by atoms with Crippen LogP contribution in [0.5, 0.6) is 11.5 Å². The molecule has 3 aromatic rings. The maximum atomic E-state index is 11.5. The number of rotatable bonds is 2. The maximum absolute atomic E-state index is 11.5. The van der Waals surface area contributed by atoms with E-state index in [2.05, 4.69) is 0 Å². The average Bonchev–Trinajstić information content (AvgIpc) is 2.51. The molecule has 0 aromatic heterocycles. The summed E-state index contributed by atoms with van der Waals surface area (Å²) < 4.78 is 0. The second kappa shape index (κ2) is 4.83. The van der Waals surface area contributed by atoms with Gasteiger partial charge in [0.2, 0.25) is 0 Å². The van der Waals surface area contributed by atoms with Crippen molar-refractivity contribution in [2.24, 2.45) is 0 Å². The van der Waals surface area contributed by atoms with Gasteiger partial charge in [-0.05, 0) is 5.56 Å². The first-order valence-corrected chi connectivity index (χ1v) is 6.36. The molecule has 0 bridgehead atoms. The van der Waals surface area contributed by atoms with Gasteiger partial charge in [-0.25, -0.2) is 4.79 Å². The van der Waals surface area contributed by atoms with Crippen molar-refractivity contribution in [3.63, 3.8) is 0 Å². The van der Waals surface area contributed by atoms with Crippen LogP contribution in [0.25, 0.3) is 21.9 Å². The molecular formula is C17H12O4. The van der Waals surface area contributed by atoms with Gasteiger partial charge >= 0.3 is 5.97 Å². The summed E-state index contributed by atoms with van der Waals surface area (Å²) in [7, 11) is 0. The van der Waals surface area contributed by atoms with Crippen LogP contribution in [0.4, 0.5) is 0 Å². The molecule has 0 spiro atoms. The molecule has 0 aliphatic heterocycles. The fraction of sp³-hybridized carbons (Fsp3) is 0. The number of benzene rings is 3. The Morgan fingerprint density at radius 3 is 1.86 bits per heavy atom. The van der Waals surface area contributed by atoms with Gasteiger partial charge in [-0.2, -0.15) is 0 Å². The lowest BCUT2D eigenvalue weighted by atomic mass is 9.93. The molecule has 0 heterocycles. The van der Waals surface area contributed by atoms with Crippen molar-refractivity contribution in [2.75, 3.05) is 0 Å². The molecule has 0 unspecified atom stereocenters. The summed E-state index contributed by atoms with van der Waals surface area (Å²) in [5.41, 5.74) is 0.366. The first-order valence-electron chi connectivity index (χ1n) is 6.36. The normalized spacial score (nSPS) is 10.7. The van der Waals surface area contributed by atoms with Gasteiger partial charge in [0.15, 0.2) is 0 Å². The summed E-state index contributed by atoms with van der Waals surface area (Å²) in [6, 6.07) is 15.3. The van der Waals surface area contributed by atoms with Crippen LogP contribution >= 0.6 is 0 Å². The predicted molar refractivity (Wildman–Crippen MR) is 79.7 cm³/mol. The highest BCUT2D eigenvalue weighted by Crippen LogP contribution is 2.44. The van der Waals surface area contributed by atoms with E-state index in [0.717, 1.165) is 0 Å². The standard InChI is InChI=1S/C17H12O4/c18-15-11-8-4-5-9-12(11)16(19)14(17(20)21)13(15)10-6-2-1-3-7-10/h1-9,18-19H,(H,20,21). The Kier molecular flexibility index (Phi) is 2.99. The van der Waals surface area contributed by atoms with E-state index < -0.39 is 5.97 Å². The fourth-order valence-corrected chi connectivity index (χ4v) is 2.50. The van der Waals surface area contributed by atoms with Crippen LogP contribution in [0.3, 0.4) is 0 Å². The fourth-order valence-electron chi connectivity index (χ4n) is 2.50. The molecule has 3 aromatic carbocycles. The highest BCUT2D eigenvalue weighted by molar-refractivity contribution is 6.10. The van der Waals surface area contributed by atoms with E-state index in [1.54, 1.807) is 54.6 Å². The van der Waals surface area contributed by atoms with Gasteiger partial charge < -0.3 is 15.3 Å².